The van der Waals surface area contributed by atoms with Crippen LogP contribution in [0.25, 0.3) is 65.0 Å². The summed E-state index contributed by atoms with van der Waals surface area (Å²) in [6, 6.07) is 73.8. The van der Waals surface area contributed by atoms with Gasteiger partial charge in [-0.15, -0.1) is 0 Å². The van der Waals surface area contributed by atoms with Crippen LogP contribution >= 0.6 is 0 Å². The first-order chi connectivity index (χ1) is 27.3. The van der Waals surface area contributed by atoms with E-state index in [0.29, 0.717) is 0 Å². The van der Waals surface area contributed by atoms with Gasteiger partial charge in [0.15, 0.2) is 11.2 Å². The molecule has 0 radical (unpaired) electrons. The Hall–Kier alpha value is -7.36. The summed E-state index contributed by atoms with van der Waals surface area (Å²) < 4.78 is 7.47. The molecule has 258 valence electrons. The van der Waals surface area contributed by atoms with Crippen molar-refractivity contribution >= 4 is 99.2 Å². The van der Waals surface area contributed by atoms with Crippen LogP contribution in [0, 0.1) is 0 Å². The Balaban J connectivity index is 1.28. The lowest BCUT2D eigenvalue weighted by Gasteiger charge is -2.26. The van der Waals surface area contributed by atoms with Gasteiger partial charge in [-0.25, -0.2) is 0 Å². The monoisotopic (exact) mass is 702 g/mol. The van der Waals surface area contributed by atoms with E-state index in [0.717, 1.165) is 77.6 Å². The molecule has 55 heavy (non-hydrogen) atoms. The Morgan fingerprint density at radius 1 is 0.273 bits per heavy atom. The number of para-hydroxylation sites is 2. The molecule has 0 fully saturated rings. The summed E-state index contributed by atoms with van der Waals surface area (Å²) in [4.78, 5) is 4.70. The molecule has 0 aliphatic carbocycles. The van der Waals surface area contributed by atoms with Gasteiger partial charge in [-0.1, -0.05) is 146 Å². The summed E-state index contributed by atoms with van der Waals surface area (Å²) in [6.07, 6.45) is 0. The van der Waals surface area contributed by atoms with Crippen molar-refractivity contribution in [2.24, 2.45) is 0 Å². The first-order valence-corrected chi connectivity index (χ1v) is 18.8. The molecule has 0 saturated heterocycles. The number of rotatable bonds is 6. The second-order valence-corrected chi connectivity index (χ2v) is 14.1. The topological polar surface area (TPSA) is 19.6 Å². The van der Waals surface area contributed by atoms with E-state index in [1.807, 2.05) is 0 Å². The molecule has 1 heterocycles. The fourth-order valence-electron chi connectivity index (χ4n) is 8.41. The van der Waals surface area contributed by atoms with Crippen LogP contribution in [0.15, 0.2) is 211 Å². The Kier molecular flexibility index (Phi) is 7.17. The smallest absolute Gasteiger partial charge is 0.160 e. The lowest BCUT2D eigenvalue weighted by Crippen LogP contribution is -2.10. The number of anilines is 6. The van der Waals surface area contributed by atoms with Gasteiger partial charge in [-0.2, -0.15) is 0 Å². The molecule has 3 nitrogen and oxygen atoms in total. The third kappa shape index (κ3) is 5.13. The van der Waals surface area contributed by atoms with Gasteiger partial charge in [0.25, 0.3) is 0 Å². The molecule has 0 unspecified atom stereocenters. The predicted octanol–water partition coefficient (Wildman–Crippen LogP) is 15.1. The number of hydrogen-bond donors (Lipinski definition) is 0. The van der Waals surface area contributed by atoms with E-state index in [1.165, 1.54) is 21.5 Å². The predicted molar refractivity (Wildman–Crippen MR) is 233 cm³/mol. The van der Waals surface area contributed by atoms with Crippen LogP contribution in [-0.2, 0) is 0 Å². The molecule has 0 N–H and O–H groups in total. The maximum Gasteiger partial charge on any atom is 0.160 e. The number of furan rings is 1. The molecule has 11 rings (SSSR count). The van der Waals surface area contributed by atoms with Crippen molar-refractivity contribution in [3.8, 4) is 0 Å². The van der Waals surface area contributed by atoms with E-state index in [1.54, 1.807) is 0 Å². The van der Waals surface area contributed by atoms with Gasteiger partial charge in [0.05, 0.1) is 11.4 Å². The fraction of sp³-hybridized carbons (Fsp3) is 0. The standard InChI is InChI=1S/C52H34N2O/c1-3-21-41(22-4-1)53(43-29-27-35-15-7-9-17-37(35)31-43)47-33-39-19-11-13-25-45(39)49-50-46-26-14-12-20-40(46)34-48(52(50)55-51(47)49)54(42-23-5-2-6-24-42)44-30-28-36-16-8-10-18-38(36)32-44/h1-34H. The number of fused-ring (bicyclic) bond motifs is 9. The summed E-state index contributed by atoms with van der Waals surface area (Å²) in [5.41, 5.74) is 7.90. The van der Waals surface area contributed by atoms with E-state index in [4.69, 9.17) is 4.42 Å². The SMILES string of the molecule is c1ccc(N(c2ccc3ccccc3c2)c2cc3ccccc3c3c2oc2c(N(c4ccccc4)c4ccc5ccccc5c4)cc4ccccc4c23)cc1. The van der Waals surface area contributed by atoms with E-state index in [2.05, 4.69) is 216 Å². The zero-order chi connectivity index (χ0) is 36.3. The molecule has 0 aliphatic heterocycles. The van der Waals surface area contributed by atoms with Gasteiger partial charge in [0.2, 0.25) is 0 Å². The Labute approximate surface area is 318 Å². The highest BCUT2D eigenvalue weighted by molar-refractivity contribution is 6.31. The summed E-state index contributed by atoms with van der Waals surface area (Å²) >= 11 is 0. The molecule has 1 aromatic heterocycles. The fourth-order valence-corrected chi connectivity index (χ4v) is 8.41. The molecule has 0 bridgehead atoms. The van der Waals surface area contributed by atoms with Crippen LogP contribution in [0.5, 0.6) is 0 Å². The highest BCUT2D eigenvalue weighted by Gasteiger charge is 2.27. The minimum absolute atomic E-state index is 0.842. The average Bonchev–Trinajstić information content (AvgIpc) is 3.67. The maximum atomic E-state index is 7.47. The Bertz CT molecular complexity index is 3000. The molecular formula is C52H34N2O. The van der Waals surface area contributed by atoms with E-state index < -0.39 is 0 Å². The lowest BCUT2D eigenvalue weighted by molar-refractivity contribution is 0.670. The van der Waals surface area contributed by atoms with Gasteiger partial charge in [-0.3, -0.25) is 0 Å². The minimum atomic E-state index is 0.842. The number of nitrogens with zero attached hydrogens (tertiary/aromatic N) is 2. The number of benzene rings is 10. The molecule has 0 amide bonds. The molecule has 11 aromatic rings. The first kappa shape index (κ1) is 31.2. The highest BCUT2D eigenvalue weighted by atomic mass is 16.3. The molecule has 3 heteroatoms. The van der Waals surface area contributed by atoms with Crippen LogP contribution in [0.2, 0.25) is 0 Å². The van der Waals surface area contributed by atoms with Crippen LogP contribution < -0.4 is 9.80 Å². The van der Waals surface area contributed by atoms with Crippen LogP contribution in [0.1, 0.15) is 0 Å². The van der Waals surface area contributed by atoms with Gasteiger partial charge >= 0.3 is 0 Å². The van der Waals surface area contributed by atoms with E-state index in [-0.39, 0.29) is 0 Å². The molecular weight excluding hydrogens is 669 g/mol. The molecule has 0 atom stereocenters. The van der Waals surface area contributed by atoms with Gasteiger partial charge in [0, 0.05) is 33.5 Å². The van der Waals surface area contributed by atoms with Gasteiger partial charge < -0.3 is 14.2 Å². The van der Waals surface area contributed by atoms with E-state index >= 15 is 0 Å². The Morgan fingerprint density at radius 3 is 1.07 bits per heavy atom. The third-order valence-corrected chi connectivity index (χ3v) is 10.9. The molecule has 0 spiro atoms. The third-order valence-electron chi connectivity index (χ3n) is 10.9. The second-order valence-electron chi connectivity index (χ2n) is 14.1. The van der Waals surface area contributed by atoms with Gasteiger partial charge in [-0.05, 0) is 104 Å². The van der Waals surface area contributed by atoms with Crippen LogP contribution in [-0.4, -0.2) is 0 Å². The summed E-state index contributed by atoms with van der Waals surface area (Å²) in [7, 11) is 0. The highest BCUT2D eigenvalue weighted by Crippen LogP contribution is 2.51. The molecule has 0 aliphatic rings. The number of hydrogen-bond acceptors (Lipinski definition) is 3. The zero-order valence-corrected chi connectivity index (χ0v) is 29.9. The van der Waals surface area contributed by atoms with E-state index in [9.17, 15) is 0 Å². The average molecular weight is 703 g/mol. The molecule has 0 saturated carbocycles. The van der Waals surface area contributed by atoms with Crippen molar-refractivity contribution in [3.63, 3.8) is 0 Å². The largest absolute Gasteiger partial charge is 0.452 e. The minimum Gasteiger partial charge on any atom is -0.452 e. The van der Waals surface area contributed by atoms with Crippen LogP contribution in [0.4, 0.5) is 34.1 Å². The van der Waals surface area contributed by atoms with Crippen molar-refractivity contribution in [1.29, 1.82) is 0 Å². The second kappa shape index (κ2) is 12.6. The first-order valence-electron chi connectivity index (χ1n) is 18.8. The quantitative estimate of drug-likeness (QED) is 0.172. The van der Waals surface area contributed by atoms with Crippen LogP contribution in [0.3, 0.4) is 0 Å². The van der Waals surface area contributed by atoms with Crippen molar-refractivity contribution in [3.05, 3.63) is 206 Å². The lowest BCUT2D eigenvalue weighted by atomic mass is 9.97. The molecule has 10 aromatic carbocycles. The normalized spacial score (nSPS) is 11.6. The maximum absolute atomic E-state index is 7.47. The van der Waals surface area contributed by atoms with Gasteiger partial charge in [0.1, 0.15) is 0 Å². The van der Waals surface area contributed by atoms with Crippen molar-refractivity contribution in [2.45, 2.75) is 0 Å². The zero-order valence-electron chi connectivity index (χ0n) is 29.9. The van der Waals surface area contributed by atoms with Crippen molar-refractivity contribution < 1.29 is 4.42 Å². The Morgan fingerprint density at radius 2 is 0.636 bits per heavy atom. The summed E-state index contributed by atoms with van der Waals surface area (Å²) in [5.74, 6) is 0. The summed E-state index contributed by atoms with van der Waals surface area (Å²) in [5, 5.41) is 11.6. The van der Waals surface area contributed by atoms with Crippen molar-refractivity contribution in [2.75, 3.05) is 9.80 Å². The van der Waals surface area contributed by atoms with Crippen molar-refractivity contribution in [1.82, 2.24) is 0 Å². The summed E-state index contributed by atoms with van der Waals surface area (Å²) in [6.45, 7) is 0.